The van der Waals surface area contributed by atoms with Crippen LogP contribution in [-0.4, -0.2) is 39.4 Å². The molecule has 3 aromatic rings. The molecule has 0 aliphatic rings. The van der Waals surface area contributed by atoms with Gasteiger partial charge in [-0.05, 0) is 61.0 Å². The fourth-order valence-corrected chi connectivity index (χ4v) is 3.54. The van der Waals surface area contributed by atoms with E-state index < -0.39 is 17.9 Å². The van der Waals surface area contributed by atoms with Crippen molar-refractivity contribution in [3.8, 4) is 11.5 Å². The Balaban J connectivity index is 1.60. The van der Waals surface area contributed by atoms with E-state index in [0.717, 1.165) is 0 Å². The molecule has 11 heteroatoms. The van der Waals surface area contributed by atoms with E-state index >= 15 is 0 Å². The maximum Gasteiger partial charge on any atom is 0.326 e. The Morgan fingerprint density at radius 2 is 1.67 bits per heavy atom. The minimum absolute atomic E-state index is 0.241. The van der Waals surface area contributed by atoms with Crippen molar-refractivity contribution in [3.63, 3.8) is 0 Å². The predicted molar refractivity (Wildman–Crippen MR) is 140 cm³/mol. The lowest BCUT2D eigenvalue weighted by atomic mass is 10.2. The van der Waals surface area contributed by atoms with Crippen molar-refractivity contribution in [2.24, 2.45) is 0 Å². The summed E-state index contributed by atoms with van der Waals surface area (Å²) in [6.07, 6.45) is 0.416. The van der Waals surface area contributed by atoms with Crippen molar-refractivity contribution in [3.05, 3.63) is 76.5 Å². The van der Waals surface area contributed by atoms with E-state index in [1.165, 1.54) is 49.5 Å². The summed E-state index contributed by atoms with van der Waals surface area (Å²) in [4.78, 5) is 26.8. The lowest BCUT2D eigenvalue weighted by Crippen LogP contribution is -2.38. The van der Waals surface area contributed by atoms with E-state index in [1.807, 2.05) is 0 Å². The van der Waals surface area contributed by atoms with Crippen molar-refractivity contribution in [2.45, 2.75) is 6.42 Å². The number of halogens is 3. The third-order valence-electron chi connectivity index (χ3n) is 5.06. The SMILES string of the molecule is COc1ccc(NC(=O)NCCCN(C(=O)Nc2ccc(Cl)c(Cl)c2)c2ccc(F)cc2)c(OC)c1. The number of benzene rings is 3. The van der Waals surface area contributed by atoms with Crippen LogP contribution in [-0.2, 0) is 0 Å². The fraction of sp³-hybridized carbons (Fsp3) is 0.200. The molecule has 4 amide bonds. The number of amides is 4. The largest absolute Gasteiger partial charge is 0.497 e. The summed E-state index contributed by atoms with van der Waals surface area (Å²) in [6.45, 7) is 0.507. The van der Waals surface area contributed by atoms with Gasteiger partial charge < -0.3 is 25.4 Å². The number of carbonyl (C=O) groups is 2. The van der Waals surface area contributed by atoms with Gasteiger partial charge >= 0.3 is 12.1 Å². The zero-order valence-corrected chi connectivity index (χ0v) is 21.1. The van der Waals surface area contributed by atoms with Crippen molar-refractivity contribution in [1.29, 1.82) is 0 Å². The normalized spacial score (nSPS) is 10.4. The summed E-state index contributed by atoms with van der Waals surface area (Å²) in [5.74, 6) is 0.625. The third-order valence-corrected chi connectivity index (χ3v) is 5.79. The van der Waals surface area contributed by atoms with Gasteiger partial charge in [-0.2, -0.15) is 0 Å². The Labute approximate surface area is 218 Å². The van der Waals surface area contributed by atoms with Gasteiger partial charge in [0.2, 0.25) is 0 Å². The topological polar surface area (TPSA) is 91.9 Å². The van der Waals surface area contributed by atoms with Crippen LogP contribution in [0.25, 0.3) is 0 Å². The van der Waals surface area contributed by atoms with Crippen LogP contribution < -0.4 is 30.3 Å². The standard InChI is InChI=1S/C25H25Cl2FN4O4/c1-35-19-9-11-22(23(15-19)36-2)31-24(33)29-12-3-13-32(18-7-4-16(28)5-8-18)25(34)30-17-6-10-20(26)21(27)14-17/h4-11,14-15H,3,12-13H2,1-2H3,(H,30,34)(H2,29,31,33). The minimum atomic E-state index is -0.451. The van der Waals surface area contributed by atoms with Crippen LogP contribution in [0, 0.1) is 5.82 Å². The van der Waals surface area contributed by atoms with Gasteiger partial charge in [0.1, 0.15) is 17.3 Å². The van der Waals surface area contributed by atoms with Gasteiger partial charge in [0.25, 0.3) is 0 Å². The molecular weight excluding hydrogens is 510 g/mol. The van der Waals surface area contributed by atoms with Crippen LogP contribution in [0.15, 0.2) is 60.7 Å². The van der Waals surface area contributed by atoms with Gasteiger partial charge in [0.05, 0.1) is 30.0 Å². The molecule has 0 spiro atoms. The number of nitrogens with zero attached hydrogens (tertiary/aromatic N) is 1. The molecule has 0 atom stereocenters. The zero-order valence-electron chi connectivity index (χ0n) is 19.6. The average molecular weight is 535 g/mol. The van der Waals surface area contributed by atoms with Crippen LogP contribution in [0.1, 0.15) is 6.42 Å². The highest BCUT2D eigenvalue weighted by atomic mass is 35.5. The van der Waals surface area contributed by atoms with Crippen molar-refractivity contribution in [1.82, 2.24) is 5.32 Å². The molecule has 190 valence electrons. The monoisotopic (exact) mass is 534 g/mol. The molecule has 0 aromatic heterocycles. The van der Waals surface area contributed by atoms with E-state index in [-0.39, 0.29) is 13.1 Å². The molecule has 8 nitrogen and oxygen atoms in total. The molecule has 3 rings (SSSR count). The van der Waals surface area contributed by atoms with Gasteiger partial charge in [-0.15, -0.1) is 0 Å². The lowest BCUT2D eigenvalue weighted by molar-refractivity contribution is 0.252. The molecule has 0 radical (unpaired) electrons. The summed E-state index contributed by atoms with van der Waals surface area (Å²) < 4.78 is 23.9. The number of methoxy groups -OCH3 is 2. The zero-order chi connectivity index (χ0) is 26.1. The minimum Gasteiger partial charge on any atom is -0.497 e. The second kappa shape index (κ2) is 12.9. The summed E-state index contributed by atoms with van der Waals surface area (Å²) in [5.41, 5.74) is 1.42. The summed E-state index contributed by atoms with van der Waals surface area (Å²) in [7, 11) is 3.03. The number of ether oxygens (including phenoxy) is 2. The first-order chi connectivity index (χ1) is 17.3. The lowest BCUT2D eigenvalue weighted by Gasteiger charge is -2.23. The van der Waals surface area contributed by atoms with Crippen molar-refractivity contribution < 1.29 is 23.5 Å². The number of anilines is 3. The number of rotatable bonds is 9. The molecule has 3 N–H and O–H groups in total. The molecular formula is C25H25Cl2FN4O4. The Hall–Kier alpha value is -3.69. The molecule has 0 saturated carbocycles. The molecule has 0 heterocycles. The Morgan fingerprint density at radius 1 is 0.917 bits per heavy atom. The fourth-order valence-electron chi connectivity index (χ4n) is 3.24. The Kier molecular flexibility index (Phi) is 9.61. The molecule has 0 bridgehead atoms. The highest BCUT2D eigenvalue weighted by molar-refractivity contribution is 6.42. The number of nitrogens with one attached hydrogen (secondary N) is 3. The summed E-state index contributed by atoms with van der Waals surface area (Å²) >= 11 is 12.0. The van der Waals surface area contributed by atoms with Gasteiger partial charge in [0.15, 0.2) is 0 Å². The number of urea groups is 2. The van der Waals surface area contributed by atoms with Crippen LogP contribution in [0.4, 0.5) is 31.0 Å². The summed E-state index contributed by atoms with van der Waals surface area (Å²) in [6, 6.07) is 14.4. The first-order valence-corrected chi connectivity index (χ1v) is 11.6. The molecule has 0 saturated heterocycles. The van der Waals surface area contributed by atoms with E-state index in [9.17, 15) is 14.0 Å². The molecule has 0 unspecified atom stereocenters. The van der Waals surface area contributed by atoms with Crippen LogP contribution in [0.2, 0.25) is 10.0 Å². The van der Waals surface area contributed by atoms with Gasteiger partial charge in [-0.25, -0.2) is 14.0 Å². The Bertz CT molecular complexity index is 1210. The predicted octanol–water partition coefficient (Wildman–Crippen LogP) is 6.40. The van der Waals surface area contributed by atoms with Crippen molar-refractivity contribution in [2.75, 3.05) is 42.8 Å². The number of carbonyl (C=O) groups excluding carboxylic acids is 2. The summed E-state index contributed by atoms with van der Waals surface area (Å²) in [5, 5.41) is 8.87. The molecule has 0 fully saturated rings. The first-order valence-electron chi connectivity index (χ1n) is 10.9. The second-order valence-corrected chi connectivity index (χ2v) is 8.30. The highest BCUT2D eigenvalue weighted by Crippen LogP contribution is 2.29. The molecule has 36 heavy (non-hydrogen) atoms. The van der Waals surface area contributed by atoms with Gasteiger partial charge in [-0.3, -0.25) is 4.90 Å². The molecule has 0 aliphatic heterocycles. The number of hydrogen-bond acceptors (Lipinski definition) is 4. The van der Waals surface area contributed by atoms with E-state index in [4.69, 9.17) is 32.7 Å². The molecule has 3 aromatic carbocycles. The van der Waals surface area contributed by atoms with E-state index in [0.29, 0.717) is 45.0 Å². The van der Waals surface area contributed by atoms with Crippen LogP contribution >= 0.6 is 23.2 Å². The smallest absolute Gasteiger partial charge is 0.326 e. The number of hydrogen-bond donors (Lipinski definition) is 3. The van der Waals surface area contributed by atoms with E-state index in [2.05, 4.69) is 16.0 Å². The van der Waals surface area contributed by atoms with E-state index in [1.54, 1.807) is 30.3 Å². The van der Waals surface area contributed by atoms with Gasteiger partial charge in [0, 0.05) is 30.5 Å². The average Bonchev–Trinajstić information content (AvgIpc) is 2.87. The third kappa shape index (κ3) is 7.40. The van der Waals surface area contributed by atoms with Crippen LogP contribution in [0.3, 0.4) is 0 Å². The highest BCUT2D eigenvalue weighted by Gasteiger charge is 2.17. The maximum atomic E-state index is 13.4. The van der Waals surface area contributed by atoms with Crippen molar-refractivity contribution >= 4 is 52.3 Å². The Morgan fingerprint density at radius 3 is 2.33 bits per heavy atom. The molecule has 0 aliphatic carbocycles. The quantitative estimate of drug-likeness (QED) is 0.277. The van der Waals surface area contributed by atoms with Gasteiger partial charge in [-0.1, -0.05) is 23.2 Å². The second-order valence-electron chi connectivity index (χ2n) is 7.49. The maximum absolute atomic E-state index is 13.4. The van der Waals surface area contributed by atoms with Crippen LogP contribution in [0.5, 0.6) is 11.5 Å². The first kappa shape index (κ1) is 26.9.